The molecular formula is C34H32N2O7. The molecule has 6 aromatic carbocycles. The minimum absolute atomic E-state index is 0.0366. The number of phenols is 2. The van der Waals surface area contributed by atoms with Crippen molar-refractivity contribution in [1.82, 2.24) is 9.47 Å². The van der Waals surface area contributed by atoms with Gasteiger partial charge in [-0.25, -0.2) is 0 Å². The van der Waals surface area contributed by atoms with Crippen molar-refractivity contribution in [3.63, 3.8) is 0 Å². The first-order valence-corrected chi connectivity index (χ1v) is 14.3. The van der Waals surface area contributed by atoms with Gasteiger partial charge in [0, 0.05) is 49.9 Å². The van der Waals surface area contributed by atoms with Crippen LogP contribution in [0.1, 0.15) is 28.8 Å². The molecule has 9 heteroatoms. The Balaban J connectivity index is 1.94. The molecule has 0 atom stereocenters. The monoisotopic (exact) mass is 580 g/mol. The highest BCUT2D eigenvalue weighted by molar-refractivity contribution is 6.45. The van der Waals surface area contributed by atoms with Crippen LogP contribution in [0.3, 0.4) is 0 Å². The quantitative estimate of drug-likeness (QED) is 0.161. The summed E-state index contributed by atoms with van der Waals surface area (Å²) in [4.78, 5) is 29.9. The number of rotatable bonds is 7. The van der Waals surface area contributed by atoms with E-state index >= 15 is 0 Å². The van der Waals surface area contributed by atoms with Gasteiger partial charge in [-0.3, -0.25) is 9.59 Å². The lowest BCUT2D eigenvalue weighted by Crippen LogP contribution is -2.15. The number of aliphatic hydroxyl groups excluding tert-OH is 2. The number of benzene rings is 5. The smallest absolute Gasteiger partial charge is 0.232 e. The number of aromatic hydroxyl groups is 2. The van der Waals surface area contributed by atoms with Crippen LogP contribution in [0.15, 0.2) is 27.8 Å². The molecule has 0 aliphatic heterocycles. The van der Waals surface area contributed by atoms with Crippen molar-refractivity contribution in [1.29, 1.82) is 0 Å². The third-order valence-corrected chi connectivity index (χ3v) is 9.23. The highest BCUT2D eigenvalue weighted by Gasteiger charge is 2.31. The first kappa shape index (κ1) is 27.4. The first-order valence-electron chi connectivity index (χ1n) is 14.3. The maximum atomic E-state index is 14.0. The van der Waals surface area contributed by atoms with Gasteiger partial charge in [0.2, 0.25) is 5.43 Å². The maximum Gasteiger partial charge on any atom is 0.232 e. The van der Waals surface area contributed by atoms with Crippen LogP contribution < -0.4 is 15.6 Å². The van der Waals surface area contributed by atoms with Crippen LogP contribution in [0, 0.1) is 13.8 Å². The van der Waals surface area contributed by atoms with E-state index in [2.05, 4.69) is 9.47 Å². The molecule has 0 saturated carbocycles. The Labute approximate surface area is 245 Å². The molecule has 1 aromatic heterocycles. The molecule has 0 unspecified atom stereocenters. The Hall–Kier alpha value is -4.44. The predicted octanol–water partition coefficient (Wildman–Crippen LogP) is 4.41. The summed E-state index contributed by atoms with van der Waals surface area (Å²) >= 11 is 0. The zero-order chi connectivity index (χ0) is 30.6. The van der Waals surface area contributed by atoms with Gasteiger partial charge in [-0.15, -0.1) is 0 Å². The van der Waals surface area contributed by atoms with E-state index < -0.39 is 24.1 Å². The standard InChI is InChI=1S/C34H32N2O7/c1-14-9-18-24-27-22(16(12-37)11-20(40)26(27)33(42)34(18)43-5)23-17(13-38)10-19(39)25-28(23)29(24)30-21(14)15(2)36(31(30)32(25)41)8-6-7-35(3)4/h9-11,37-38,40-41H,6-8,12-13H2,1-5H3. The number of nitrogens with zero attached hydrogens (tertiary/aromatic N) is 2. The van der Waals surface area contributed by atoms with Crippen molar-refractivity contribution < 1.29 is 25.2 Å². The zero-order valence-electron chi connectivity index (χ0n) is 24.7. The minimum Gasteiger partial charge on any atom is -0.507 e. The SMILES string of the molecule is COc1c(=O)c2c(O)cc(CO)c3c4c(CO)cc(=O)c5c(O)c6c7c(c(C)cc1c(c23)c7c54)c(C)n6CCCN(C)C. The molecule has 0 aliphatic carbocycles. The summed E-state index contributed by atoms with van der Waals surface area (Å²) in [5.74, 6) is -0.381. The average molecular weight is 581 g/mol. The summed E-state index contributed by atoms with van der Waals surface area (Å²) in [6, 6.07) is 4.56. The highest BCUT2D eigenvalue weighted by atomic mass is 16.5. The van der Waals surface area contributed by atoms with Gasteiger partial charge in [0.15, 0.2) is 16.9 Å². The molecule has 1 heterocycles. The van der Waals surface area contributed by atoms with Gasteiger partial charge in [-0.05, 0) is 86.6 Å². The fourth-order valence-electron chi connectivity index (χ4n) is 7.62. The summed E-state index contributed by atoms with van der Waals surface area (Å²) in [6.07, 6.45) is 0.802. The number of phenolic OH excluding ortho intramolecular Hbond substituents is 2. The van der Waals surface area contributed by atoms with Crippen LogP contribution in [0.5, 0.6) is 17.2 Å². The Kier molecular flexibility index (Phi) is 5.91. The lowest BCUT2D eigenvalue weighted by Gasteiger charge is -2.21. The molecule has 0 bridgehead atoms. The van der Waals surface area contributed by atoms with Crippen molar-refractivity contribution in [3.05, 3.63) is 61.0 Å². The van der Waals surface area contributed by atoms with Gasteiger partial charge in [0.25, 0.3) is 0 Å². The number of aliphatic hydroxyl groups is 2. The van der Waals surface area contributed by atoms with Gasteiger partial charge in [-0.2, -0.15) is 0 Å². The molecular weight excluding hydrogens is 548 g/mol. The topological polar surface area (TPSA) is 132 Å². The normalized spacial score (nSPS) is 12.7. The molecule has 0 spiro atoms. The lowest BCUT2D eigenvalue weighted by atomic mass is 9.83. The van der Waals surface area contributed by atoms with E-state index in [-0.39, 0.29) is 28.0 Å². The Morgan fingerprint density at radius 3 is 2.05 bits per heavy atom. The number of ether oxygens (including phenoxy) is 1. The van der Waals surface area contributed by atoms with Gasteiger partial charge in [0.05, 0.1) is 36.6 Å². The van der Waals surface area contributed by atoms with Crippen LogP contribution in [-0.2, 0) is 19.8 Å². The number of fused-ring (bicyclic) bond motifs is 1. The molecule has 43 heavy (non-hydrogen) atoms. The predicted molar refractivity (Wildman–Crippen MR) is 170 cm³/mol. The van der Waals surface area contributed by atoms with Crippen LogP contribution in [0.25, 0.3) is 64.8 Å². The molecule has 0 amide bonds. The molecule has 7 rings (SSSR count). The highest BCUT2D eigenvalue weighted by Crippen LogP contribution is 2.53. The number of aromatic nitrogens is 1. The number of hydrogen-bond donors (Lipinski definition) is 4. The molecule has 0 aliphatic rings. The van der Waals surface area contributed by atoms with E-state index in [1.165, 1.54) is 19.2 Å². The molecule has 7 aromatic rings. The van der Waals surface area contributed by atoms with Crippen molar-refractivity contribution >= 4 is 64.8 Å². The van der Waals surface area contributed by atoms with E-state index in [1.54, 1.807) is 0 Å². The third kappa shape index (κ3) is 3.32. The average Bonchev–Trinajstić information content (AvgIpc) is 3.18. The van der Waals surface area contributed by atoms with Gasteiger partial charge in [0.1, 0.15) is 5.75 Å². The number of methoxy groups -OCH3 is 1. The first-order chi connectivity index (χ1) is 20.6. The van der Waals surface area contributed by atoms with Crippen LogP contribution in [-0.4, -0.2) is 57.6 Å². The van der Waals surface area contributed by atoms with Gasteiger partial charge >= 0.3 is 0 Å². The third-order valence-electron chi connectivity index (χ3n) is 9.23. The second-order valence-corrected chi connectivity index (χ2v) is 11.8. The van der Waals surface area contributed by atoms with E-state index in [0.717, 1.165) is 35.0 Å². The van der Waals surface area contributed by atoms with Crippen molar-refractivity contribution in [2.24, 2.45) is 0 Å². The van der Waals surface area contributed by atoms with Crippen molar-refractivity contribution in [3.8, 4) is 17.2 Å². The molecule has 220 valence electrons. The van der Waals surface area contributed by atoms with Gasteiger partial charge < -0.3 is 34.6 Å². The number of aryl methyl sites for hydroxylation is 3. The summed E-state index contributed by atoms with van der Waals surface area (Å²) in [5, 5.41) is 49.6. The maximum absolute atomic E-state index is 14.0. The summed E-state index contributed by atoms with van der Waals surface area (Å²) < 4.78 is 7.77. The second-order valence-electron chi connectivity index (χ2n) is 11.8. The molecule has 4 N–H and O–H groups in total. The molecule has 0 radical (unpaired) electrons. The largest absolute Gasteiger partial charge is 0.507 e. The minimum atomic E-state index is -0.499. The van der Waals surface area contributed by atoms with Crippen LogP contribution in [0.2, 0.25) is 0 Å². The summed E-state index contributed by atoms with van der Waals surface area (Å²) in [6.45, 7) is 4.41. The van der Waals surface area contributed by atoms with E-state index in [1.807, 2.05) is 34.0 Å². The summed E-state index contributed by atoms with van der Waals surface area (Å²) in [7, 11) is 5.42. The Bertz CT molecular complexity index is 2390. The summed E-state index contributed by atoms with van der Waals surface area (Å²) in [5.41, 5.74) is 1.98. The lowest BCUT2D eigenvalue weighted by molar-refractivity contribution is 0.282. The fraction of sp³-hybridized carbons (Fsp3) is 0.294. The zero-order valence-corrected chi connectivity index (χ0v) is 24.7. The van der Waals surface area contributed by atoms with Crippen molar-refractivity contribution in [2.75, 3.05) is 27.7 Å². The van der Waals surface area contributed by atoms with Crippen LogP contribution in [0.4, 0.5) is 0 Å². The molecule has 0 fully saturated rings. The molecule has 9 nitrogen and oxygen atoms in total. The van der Waals surface area contributed by atoms with E-state index in [9.17, 15) is 30.0 Å². The molecule has 0 saturated heterocycles. The van der Waals surface area contributed by atoms with E-state index in [4.69, 9.17) is 4.74 Å². The van der Waals surface area contributed by atoms with Crippen molar-refractivity contribution in [2.45, 2.75) is 40.0 Å². The van der Waals surface area contributed by atoms with Gasteiger partial charge in [-0.1, -0.05) is 0 Å². The second kappa shape index (κ2) is 9.28. The fourth-order valence-corrected chi connectivity index (χ4v) is 7.62. The Morgan fingerprint density at radius 2 is 1.42 bits per heavy atom. The van der Waals surface area contributed by atoms with E-state index in [0.29, 0.717) is 60.9 Å². The number of hydrogen-bond acceptors (Lipinski definition) is 8. The Morgan fingerprint density at radius 1 is 0.791 bits per heavy atom. The van der Waals surface area contributed by atoms with Crippen LogP contribution >= 0.6 is 0 Å².